The van der Waals surface area contributed by atoms with Gasteiger partial charge in [-0.05, 0) is 46.3 Å². The molecule has 3 rings (SSSR count). The van der Waals surface area contributed by atoms with Crippen LogP contribution in [0.1, 0.15) is 10.4 Å². The van der Waals surface area contributed by atoms with Crippen LogP contribution in [0.5, 0.6) is 5.75 Å². The molecule has 3 aromatic rings. The molecule has 0 fully saturated rings. The zero-order chi connectivity index (χ0) is 15.7. The van der Waals surface area contributed by atoms with Crippen molar-refractivity contribution in [1.82, 2.24) is 8.75 Å². The fourth-order valence-electron chi connectivity index (χ4n) is 1.94. The van der Waals surface area contributed by atoms with E-state index in [2.05, 4.69) is 30.0 Å². The molecule has 0 unspecified atom stereocenters. The van der Waals surface area contributed by atoms with E-state index in [0.29, 0.717) is 37.5 Å². The molecule has 0 saturated carbocycles. The lowest BCUT2D eigenvalue weighted by Gasteiger charge is -2.09. The molecule has 0 aliphatic carbocycles. The van der Waals surface area contributed by atoms with Crippen molar-refractivity contribution in [2.24, 2.45) is 0 Å². The van der Waals surface area contributed by atoms with Gasteiger partial charge in [0.1, 0.15) is 16.8 Å². The van der Waals surface area contributed by atoms with Gasteiger partial charge in [-0.15, -0.1) is 0 Å². The van der Waals surface area contributed by atoms with Crippen LogP contribution in [0.25, 0.3) is 11.0 Å². The molecule has 0 spiro atoms. The van der Waals surface area contributed by atoms with E-state index >= 15 is 0 Å². The van der Waals surface area contributed by atoms with Gasteiger partial charge in [0.15, 0.2) is 0 Å². The van der Waals surface area contributed by atoms with Gasteiger partial charge in [-0.1, -0.05) is 11.6 Å². The first kappa shape index (κ1) is 15.2. The number of nitrogens with zero attached hydrogens (tertiary/aromatic N) is 2. The number of rotatable bonds is 3. The third kappa shape index (κ3) is 2.79. The lowest BCUT2D eigenvalue weighted by atomic mass is 10.2. The number of carbonyl (C=O) groups excluding carboxylic acids is 1. The molecule has 0 saturated heterocycles. The van der Waals surface area contributed by atoms with Crippen LogP contribution in [-0.4, -0.2) is 21.8 Å². The molecule has 1 heterocycles. The molecule has 112 valence electrons. The fourth-order valence-corrected chi connectivity index (χ4v) is 3.22. The highest BCUT2D eigenvalue weighted by Gasteiger charge is 2.15. The van der Waals surface area contributed by atoms with Gasteiger partial charge in [-0.2, -0.15) is 8.75 Å². The maximum Gasteiger partial charge on any atom is 0.255 e. The van der Waals surface area contributed by atoms with E-state index in [-0.39, 0.29) is 5.91 Å². The number of anilines is 1. The number of ether oxygens (including phenoxy) is 1. The van der Waals surface area contributed by atoms with Crippen LogP contribution < -0.4 is 10.1 Å². The van der Waals surface area contributed by atoms with Crippen LogP contribution in [0.3, 0.4) is 0 Å². The number of nitrogens with one attached hydrogen (secondary N) is 1. The number of amides is 1. The number of hydrogen-bond acceptors (Lipinski definition) is 5. The van der Waals surface area contributed by atoms with Gasteiger partial charge in [0.2, 0.25) is 0 Å². The van der Waals surface area contributed by atoms with Crippen molar-refractivity contribution >= 4 is 61.9 Å². The number of aromatic nitrogens is 2. The van der Waals surface area contributed by atoms with Crippen molar-refractivity contribution in [1.29, 1.82) is 0 Å². The summed E-state index contributed by atoms with van der Waals surface area (Å²) in [6, 6.07) is 8.52. The summed E-state index contributed by atoms with van der Waals surface area (Å²) in [6.07, 6.45) is 0. The summed E-state index contributed by atoms with van der Waals surface area (Å²) in [5.74, 6) is 0.367. The first-order valence-electron chi connectivity index (χ1n) is 6.16. The van der Waals surface area contributed by atoms with Crippen molar-refractivity contribution in [2.75, 3.05) is 12.4 Å². The monoisotopic (exact) mass is 397 g/mol. The van der Waals surface area contributed by atoms with Crippen LogP contribution in [0.15, 0.2) is 34.8 Å². The Morgan fingerprint density at radius 1 is 1.32 bits per heavy atom. The zero-order valence-electron chi connectivity index (χ0n) is 11.3. The highest BCUT2D eigenvalue weighted by Crippen LogP contribution is 2.31. The normalized spacial score (nSPS) is 10.7. The van der Waals surface area contributed by atoms with Gasteiger partial charge in [-0.25, -0.2) is 0 Å². The molecule has 2 aromatic carbocycles. The molecule has 0 radical (unpaired) electrons. The second-order valence-corrected chi connectivity index (χ2v) is 6.15. The molecular weight excluding hydrogens is 390 g/mol. The molecule has 0 atom stereocenters. The molecule has 1 aromatic heterocycles. The summed E-state index contributed by atoms with van der Waals surface area (Å²) in [6.45, 7) is 0. The van der Waals surface area contributed by atoms with E-state index in [0.717, 1.165) is 11.7 Å². The largest absolute Gasteiger partial charge is 0.496 e. The minimum atomic E-state index is -0.286. The lowest BCUT2D eigenvalue weighted by molar-refractivity contribution is 0.102. The van der Waals surface area contributed by atoms with Gasteiger partial charge >= 0.3 is 0 Å². The Kier molecular flexibility index (Phi) is 4.28. The molecular formula is C14H9BrClN3O2S. The lowest BCUT2D eigenvalue weighted by Crippen LogP contribution is -2.12. The Bertz CT molecular complexity index is 868. The van der Waals surface area contributed by atoms with Crippen LogP contribution >= 0.6 is 39.3 Å². The summed E-state index contributed by atoms with van der Waals surface area (Å²) in [4.78, 5) is 12.4. The van der Waals surface area contributed by atoms with Gasteiger partial charge in [-0.3, -0.25) is 4.79 Å². The molecule has 0 aliphatic rings. The molecule has 5 nitrogen and oxygen atoms in total. The Morgan fingerprint density at radius 3 is 2.86 bits per heavy atom. The van der Waals surface area contributed by atoms with Crippen molar-refractivity contribution in [3.8, 4) is 5.75 Å². The number of fused-ring (bicyclic) bond motifs is 1. The predicted octanol–water partition coefficient (Wildman–Crippen LogP) is 4.37. The first-order chi connectivity index (χ1) is 10.6. The van der Waals surface area contributed by atoms with E-state index in [4.69, 9.17) is 16.3 Å². The summed E-state index contributed by atoms with van der Waals surface area (Å²) in [5.41, 5.74) is 2.22. The SMILES string of the molecule is COc1ccc(C(=O)Nc2c(Cl)ccc3nsnc23)cc1Br. The fraction of sp³-hybridized carbons (Fsp3) is 0.0714. The maximum atomic E-state index is 12.4. The summed E-state index contributed by atoms with van der Waals surface area (Å²) < 4.78 is 14.2. The molecule has 0 bridgehead atoms. The summed E-state index contributed by atoms with van der Waals surface area (Å²) in [7, 11) is 1.57. The van der Waals surface area contributed by atoms with Gasteiger partial charge in [0, 0.05) is 5.56 Å². The van der Waals surface area contributed by atoms with E-state index in [9.17, 15) is 4.79 Å². The van der Waals surface area contributed by atoms with E-state index in [1.54, 1.807) is 37.4 Å². The molecule has 1 amide bonds. The van der Waals surface area contributed by atoms with Gasteiger partial charge < -0.3 is 10.1 Å². The van der Waals surface area contributed by atoms with Crippen molar-refractivity contribution in [3.63, 3.8) is 0 Å². The second-order valence-electron chi connectivity index (χ2n) is 4.36. The smallest absolute Gasteiger partial charge is 0.255 e. The summed E-state index contributed by atoms with van der Waals surface area (Å²) in [5, 5.41) is 3.21. The third-order valence-electron chi connectivity index (χ3n) is 3.03. The number of carbonyl (C=O) groups is 1. The second kappa shape index (κ2) is 6.20. The molecule has 1 N–H and O–H groups in total. The standard InChI is InChI=1S/C14H9BrClN3O2S/c1-21-11-5-2-7(6-8(11)15)14(20)17-12-9(16)3-4-10-13(12)19-22-18-10/h2-6H,1H3,(H,17,20). The molecule has 22 heavy (non-hydrogen) atoms. The van der Waals surface area contributed by atoms with Crippen molar-refractivity contribution in [2.45, 2.75) is 0 Å². The number of hydrogen-bond donors (Lipinski definition) is 1. The Hall–Kier alpha value is -1.70. The minimum Gasteiger partial charge on any atom is -0.496 e. The van der Waals surface area contributed by atoms with E-state index < -0.39 is 0 Å². The predicted molar refractivity (Wildman–Crippen MR) is 91.1 cm³/mol. The minimum absolute atomic E-state index is 0.286. The number of benzene rings is 2. The van der Waals surface area contributed by atoms with Crippen LogP contribution in [0.4, 0.5) is 5.69 Å². The Balaban J connectivity index is 1.95. The van der Waals surface area contributed by atoms with Crippen LogP contribution in [0.2, 0.25) is 5.02 Å². The third-order valence-corrected chi connectivity index (χ3v) is 4.51. The molecule has 8 heteroatoms. The van der Waals surface area contributed by atoms with E-state index in [1.165, 1.54) is 0 Å². The Labute approximate surface area is 143 Å². The average Bonchev–Trinajstić information content (AvgIpc) is 2.98. The number of methoxy groups -OCH3 is 1. The topological polar surface area (TPSA) is 64.1 Å². The van der Waals surface area contributed by atoms with Crippen molar-refractivity contribution in [3.05, 3.63) is 45.4 Å². The number of halogens is 2. The Morgan fingerprint density at radius 2 is 2.14 bits per heavy atom. The summed E-state index contributed by atoms with van der Waals surface area (Å²) >= 11 is 10.6. The molecule has 0 aliphatic heterocycles. The average molecular weight is 399 g/mol. The quantitative estimate of drug-likeness (QED) is 0.711. The first-order valence-corrected chi connectivity index (χ1v) is 8.06. The van der Waals surface area contributed by atoms with Gasteiger partial charge in [0.05, 0.1) is 34.0 Å². The maximum absolute atomic E-state index is 12.4. The van der Waals surface area contributed by atoms with Crippen molar-refractivity contribution < 1.29 is 9.53 Å². The highest BCUT2D eigenvalue weighted by atomic mass is 79.9. The van der Waals surface area contributed by atoms with E-state index in [1.807, 2.05) is 0 Å². The van der Waals surface area contributed by atoms with Crippen LogP contribution in [-0.2, 0) is 0 Å². The van der Waals surface area contributed by atoms with Gasteiger partial charge in [0.25, 0.3) is 5.91 Å². The zero-order valence-corrected chi connectivity index (χ0v) is 14.4. The highest BCUT2D eigenvalue weighted by molar-refractivity contribution is 9.10. The van der Waals surface area contributed by atoms with Crippen LogP contribution in [0, 0.1) is 0 Å².